The van der Waals surface area contributed by atoms with E-state index in [9.17, 15) is 0 Å². The van der Waals surface area contributed by atoms with Gasteiger partial charge in [0.1, 0.15) is 0 Å². The maximum atomic E-state index is 2.51. The maximum absolute atomic E-state index is 2.51. The Kier molecular flexibility index (Phi) is 7.45. The lowest BCUT2D eigenvalue weighted by Gasteiger charge is -2.40. The van der Waals surface area contributed by atoms with Crippen LogP contribution in [0.1, 0.15) is 47.2 Å². The van der Waals surface area contributed by atoms with Gasteiger partial charge in [-0.15, -0.1) is 11.3 Å². The van der Waals surface area contributed by atoms with E-state index in [0.29, 0.717) is 0 Å². The first kappa shape index (κ1) is 35.1. The van der Waals surface area contributed by atoms with Crippen molar-refractivity contribution >= 4 is 60.3 Å². The van der Waals surface area contributed by atoms with Crippen molar-refractivity contribution < 1.29 is 0 Å². The molecule has 1 aliphatic heterocycles. The lowest BCUT2D eigenvalue weighted by Crippen LogP contribution is -2.32. The van der Waals surface area contributed by atoms with Crippen LogP contribution in [0, 0.1) is 0 Å². The summed E-state index contributed by atoms with van der Waals surface area (Å²) in [5.74, 6) is 0. The van der Waals surface area contributed by atoms with Gasteiger partial charge < -0.3 is 4.90 Å². The van der Waals surface area contributed by atoms with E-state index in [4.69, 9.17) is 0 Å². The molecule has 3 aliphatic rings. The van der Waals surface area contributed by atoms with Crippen molar-refractivity contribution in [1.29, 1.82) is 0 Å². The smallest absolute Gasteiger partial charge is 0.0736 e. The molecule has 10 aromatic rings. The molecule has 3 heteroatoms. The first-order chi connectivity index (χ1) is 30.0. The lowest BCUT2D eigenvalue weighted by atomic mass is 9.67. The second-order valence-corrected chi connectivity index (χ2v) is 19.3. The molecule has 1 spiro atoms. The van der Waals surface area contributed by atoms with Gasteiger partial charge in [-0.2, -0.15) is 0 Å². The number of hydrogen-bond acceptors (Lipinski definition) is 3. The summed E-state index contributed by atoms with van der Waals surface area (Å²) in [6, 6.07) is 75.4. The largest absolute Gasteiger partial charge is 0.310 e. The van der Waals surface area contributed by atoms with Gasteiger partial charge >= 0.3 is 0 Å². The van der Waals surface area contributed by atoms with E-state index in [1.807, 2.05) is 23.1 Å². The number of fused-ring (bicyclic) bond motifs is 15. The molecule has 0 radical (unpaired) electrons. The van der Waals surface area contributed by atoms with E-state index in [2.05, 4.69) is 219 Å². The Bertz CT molecular complexity index is 3400. The van der Waals surface area contributed by atoms with Crippen molar-refractivity contribution in [3.63, 3.8) is 0 Å². The first-order valence-corrected chi connectivity index (χ1v) is 22.8. The molecule has 2 aliphatic carbocycles. The molecule has 1 nitrogen and oxygen atoms in total. The summed E-state index contributed by atoms with van der Waals surface area (Å²) >= 11 is 3.77. The van der Waals surface area contributed by atoms with Gasteiger partial charge in [-0.05, 0) is 127 Å². The third-order valence-electron chi connectivity index (χ3n) is 13.8. The van der Waals surface area contributed by atoms with Crippen LogP contribution in [0.3, 0.4) is 0 Å². The van der Waals surface area contributed by atoms with Gasteiger partial charge in [0.25, 0.3) is 0 Å². The molecule has 0 fully saturated rings. The Hall–Kier alpha value is -6.65. The molecule has 0 N–H and O–H groups in total. The summed E-state index contributed by atoms with van der Waals surface area (Å²) in [5.41, 5.74) is 18.9. The number of nitrogens with zero attached hydrogens (tertiary/aromatic N) is 1. The quantitative estimate of drug-likeness (QED) is 0.174. The highest BCUT2D eigenvalue weighted by atomic mass is 32.2. The van der Waals surface area contributed by atoms with Gasteiger partial charge in [-0.1, -0.05) is 165 Å². The van der Waals surface area contributed by atoms with Crippen LogP contribution in [-0.2, 0) is 10.8 Å². The second-order valence-electron chi connectivity index (χ2n) is 17.2. The Labute approximate surface area is 364 Å². The third-order valence-corrected chi connectivity index (χ3v) is 16.0. The average Bonchev–Trinajstić information content (AvgIpc) is 3.91. The predicted octanol–water partition coefficient (Wildman–Crippen LogP) is 16.3. The van der Waals surface area contributed by atoms with Gasteiger partial charge in [-0.3, -0.25) is 0 Å². The minimum absolute atomic E-state index is 0.0520. The van der Waals surface area contributed by atoms with Crippen LogP contribution in [0.25, 0.3) is 53.6 Å². The Morgan fingerprint density at radius 3 is 1.74 bits per heavy atom. The van der Waals surface area contributed by atoms with Crippen LogP contribution in [0.4, 0.5) is 17.1 Å². The van der Waals surface area contributed by atoms with Crippen LogP contribution >= 0.6 is 23.1 Å². The van der Waals surface area contributed by atoms with Crippen LogP contribution in [0.5, 0.6) is 0 Å². The lowest BCUT2D eigenvalue weighted by molar-refractivity contribution is 0.660. The van der Waals surface area contributed by atoms with E-state index < -0.39 is 5.41 Å². The molecule has 0 saturated heterocycles. The van der Waals surface area contributed by atoms with Crippen molar-refractivity contribution in [2.45, 2.75) is 34.5 Å². The fraction of sp³-hybridized carbons (Fsp3) is 0.0690. The fourth-order valence-corrected chi connectivity index (χ4v) is 13.3. The molecule has 13 rings (SSSR count). The molecule has 0 bridgehead atoms. The molecular formula is C58H39NS2. The summed E-state index contributed by atoms with van der Waals surface area (Å²) in [6.07, 6.45) is 0. The summed E-state index contributed by atoms with van der Waals surface area (Å²) < 4.78 is 2.60. The Morgan fingerprint density at radius 1 is 0.393 bits per heavy atom. The number of hydrogen-bond donors (Lipinski definition) is 0. The summed E-state index contributed by atoms with van der Waals surface area (Å²) in [7, 11) is 0. The topological polar surface area (TPSA) is 3.24 Å². The molecule has 0 amide bonds. The number of rotatable bonds is 4. The highest BCUT2D eigenvalue weighted by molar-refractivity contribution is 7.99. The normalized spacial score (nSPS) is 14.6. The van der Waals surface area contributed by atoms with E-state index in [1.54, 1.807) is 0 Å². The van der Waals surface area contributed by atoms with Crippen LogP contribution in [0.15, 0.2) is 210 Å². The van der Waals surface area contributed by atoms with Gasteiger partial charge in [0.05, 0.1) is 11.1 Å². The van der Waals surface area contributed by atoms with Gasteiger partial charge in [0, 0.05) is 46.8 Å². The standard InChI is InChI=1S/C58H39NS2/c1-57(2)45-18-7-3-14-40(45)43-32-28-37(34-49(43)57)36-26-29-38(30-27-36)59(51-22-13-25-55-56(51)44-17-6-11-23-52(44)60-55)39-31-33-54-50(35-39)58(48-21-10-12-24-53(48)61-54)46-19-8-4-15-41(46)42-16-5-9-20-47(42)58/h3-35H,1-2H3. The zero-order chi connectivity index (χ0) is 40.5. The van der Waals surface area contributed by atoms with Gasteiger partial charge in [0.15, 0.2) is 0 Å². The highest BCUT2D eigenvalue weighted by Crippen LogP contribution is 2.63. The summed E-state index contributed by atoms with van der Waals surface area (Å²) in [4.78, 5) is 5.12. The molecular weight excluding hydrogens is 775 g/mol. The number of benzene rings is 9. The minimum atomic E-state index is -0.460. The van der Waals surface area contributed by atoms with E-state index in [-0.39, 0.29) is 5.41 Å². The first-order valence-electron chi connectivity index (χ1n) is 21.2. The molecule has 0 saturated carbocycles. The molecule has 0 atom stereocenters. The van der Waals surface area contributed by atoms with Crippen LogP contribution < -0.4 is 4.90 Å². The van der Waals surface area contributed by atoms with Gasteiger partial charge in [-0.25, -0.2) is 0 Å². The van der Waals surface area contributed by atoms with Crippen LogP contribution in [-0.4, -0.2) is 0 Å². The van der Waals surface area contributed by atoms with Crippen molar-refractivity contribution in [2.24, 2.45) is 0 Å². The summed E-state index contributed by atoms with van der Waals surface area (Å²) in [6.45, 7) is 4.72. The molecule has 1 aromatic heterocycles. The predicted molar refractivity (Wildman–Crippen MR) is 258 cm³/mol. The minimum Gasteiger partial charge on any atom is -0.310 e. The zero-order valence-corrected chi connectivity index (χ0v) is 35.4. The highest BCUT2D eigenvalue weighted by Gasteiger charge is 2.50. The monoisotopic (exact) mass is 813 g/mol. The van der Waals surface area contributed by atoms with Crippen molar-refractivity contribution in [3.8, 4) is 33.4 Å². The van der Waals surface area contributed by atoms with Crippen molar-refractivity contribution in [2.75, 3.05) is 4.90 Å². The van der Waals surface area contributed by atoms with Crippen LogP contribution in [0.2, 0.25) is 0 Å². The Balaban J connectivity index is 1.02. The number of anilines is 3. The molecule has 0 unspecified atom stereocenters. The maximum Gasteiger partial charge on any atom is 0.0736 e. The molecule has 288 valence electrons. The molecule has 2 heterocycles. The zero-order valence-electron chi connectivity index (χ0n) is 33.8. The van der Waals surface area contributed by atoms with E-state index >= 15 is 0 Å². The third kappa shape index (κ3) is 4.85. The fourth-order valence-electron chi connectivity index (χ4n) is 11.0. The van der Waals surface area contributed by atoms with E-state index in [1.165, 1.54) is 102 Å². The van der Waals surface area contributed by atoms with Crippen molar-refractivity contribution in [1.82, 2.24) is 0 Å². The summed E-state index contributed by atoms with van der Waals surface area (Å²) in [5, 5.41) is 2.58. The van der Waals surface area contributed by atoms with Gasteiger partial charge in [0.2, 0.25) is 0 Å². The molecule has 9 aromatic carbocycles. The SMILES string of the molecule is CC1(C)c2ccccc2-c2ccc(-c3ccc(N(c4ccc5c(c4)C4(c6ccccc6S5)c5ccccc5-c5ccccc54)c4cccc5sc6ccccc6c45)cc3)cc21. The Morgan fingerprint density at radius 2 is 0.967 bits per heavy atom. The second kappa shape index (κ2) is 12.9. The average molecular weight is 814 g/mol. The van der Waals surface area contributed by atoms with Crippen molar-refractivity contribution in [3.05, 3.63) is 234 Å². The van der Waals surface area contributed by atoms with E-state index in [0.717, 1.165) is 11.4 Å². The number of thiophene rings is 1. The molecule has 61 heavy (non-hydrogen) atoms.